The lowest BCUT2D eigenvalue weighted by Crippen LogP contribution is -2.15. The smallest absolute Gasteiger partial charge is 0.416 e. The van der Waals surface area contributed by atoms with Gasteiger partial charge in [-0.2, -0.15) is 13.2 Å². The minimum atomic E-state index is -4.49. The van der Waals surface area contributed by atoms with Crippen molar-refractivity contribution in [1.82, 2.24) is 0 Å². The molecule has 0 aromatic heterocycles. The van der Waals surface area contributed by atoms with Gasteiger partial charge in [-0.3, -0.25) is 4.79 Å². The Morgan fingerprint density at radius 1 is 1.12 bits per heavy atom. The van der Waals surface area contributed by atoms with E-state index in [1.807, 2.05) is 26.0 Å². The van der Waals surface area contributed by atoms with Crippen molar-refractivity contribution >= 4 is 5.91 Å². The van der Waals surface area contributed by atoms with Crippen LogP contribution in [-0.2, 0) is 17.4 Å². The lowest BCUT2D eigenvalue weighted by Gasteiger charge is -2.17. The third-order valence-corrected chi connectivity index (χ3v) is 3.98. The first-order chi connectivity index (χ1) is 11.6. The van der Waals surface area contributed by atoms with E-state index in [2.05, 4.69) is 0 Å². The van der Waals surface area contributed by atoms with Crippen LogP contribution >= 0.6 is 0 Å². The van der Waals surface area contributed by atoms with Crippen molar-refractivity contribution in [3.05, 3.63) is 53.1 Å². The van der Waals surface area contributed by atoms with Gasteiger partial charge in [0.05, 0.1) is 19.1 Å². The maximum absolute atomic E-state index is 13.0. The van der Waals surface area contributed by atoms with Crippen LogP contribution < -0.4 is 10.5 Å². The summed E-state index contributed by atoms with van der Waals surface area (Å²) in [6.07, 6.45) is -4.77. The molecule has 25 heavy (non-hydrogen) atoms. The quantitative estimate of drug-likeness (QED) is 0.860. The normalized spacial score (nSPS) is 11.6. The third kappa shape index (κ3) is 4.32. The molecule has 134 valence electrons. The predicted octanol–water partition coefficient (Wildman–Crippen LogP) is 4.53. The number of methoxy groups -OCH3 is 1. The molecule has 0 bridgehead atoms. The summed E-state index contributed by atoms with van der Waals surface area (Å²) in [5.74, 6) is 0.0631. The number of primary amides is 1. The van der Waals surface area contributed by atoms with Crippen molar-refractivity contribution in [2.75, 3.05) is 7.11 Å². The van der Waals surface area contributed by atoms with Crippen molar-refractivity contribution in [3.63, 3.8) is 0 Å². The van der Waals surface area contributed by atoms with E-state index in [0.717, 1.165) is 17.7 Å². The molecule has 0 aliphatic carbocycles. The molecule has 2 N–H and O–H groups in total. The molecule has 0 aliphatic heterocycles. The summed E-state index contributed by atoms with van der Waals surface area (Å²) in [7, 11) is 1.49. The van der Waals surface area contributed by atoms with Gasteiger partial charge in [0, 0.05) is 5.56 Å². The second kappa shape index (κ2) is 7.17. The molecule has 0 unspecified atom stereocenters. The molecular formula is C19H20F3NO2. The topological polar surface area (TPSA) is 52.3 Å². The SMILES string of the molecule is COc1ccc(C(C)C)cc1-c1ccc(C(F)(F)F)cc1CC(N)=O. The average Bonchev–Trinajstić information content (AvgIpc) is 2.52. The molecule has 3 nitrogen and oxygen atoms in total. The Labute approximate surface area is 144 Å². The first kappa shape index (κ1) is 18.8. The molecule has 6 heteroatoms. The summed E-state index contributed by atoms with van der Waals surface area (Å²) >= 11 is 0. The Bertz CT molecular complexity index is 783. The summed E-state index contributed by atoms with van der Waals surface area (Å²) in [5.41, 5.74) is 6.80. The second-order valence-electron chi connectivity index (χ2n) is 6.13. The maximum Gasteiger partial charge on any atom is 0.416 e. The number of alkyl halides is 3. The molecule has 0 saturated carbocycles. The number of benzene rings is 2. The molecule has 2 aromatic carbocycles. The van der Waals surface area contributed by atoms with E-state index in [1.54, 1.807) is 6.07 Å². The molecular weight excluding hydrogens is 331 g/mol. The Morgan fingerprint density at radius 2 is 1.80 bits per heavy atom. The minimum Gasteiger partial charge on any atom is -0.496 e. The summed E-state index contributed by atoms with van der Waals surface area (Å²) < 4.78 is 44.4. The molecule has 2 rings (SSSR count). The number of nitrogens with two attached hydrogens (primary N) is 1. The molecule has 0 saturated heterocycles. The first-order valence-electron chi connectivity index (χ1n) is 7.80. The van der Waals surface area contributed by atoms with Crippen molar-refractivity contribution in [3.8, 4) is 16.9 Å². The van der Waals surface area contributed by atoms with Crippen LogP contribution in [0.1, 0.15) is 36.5 Å². The Hall–Kier alpha value is -2.50. The zero-order valence-electron chi connectivity index (χ0n) is 14.3. The van der Waals surface area contributed by atoms with Gasteiger partial charge in [-0.15, -0.1) is 0 Å². The minimum absolute atomic E-state index is 0.224. The number of rotatable bonds is 5. The van der Waals surface area contributed by atoms with Crippen LogP contribution in [0.2, 0.25) is 0 Å². The number of ether oxygens (including phenoxy) is 1. The van der Waals surface area contributed by atoms with Crippen LogP contribution in [0, 0.1) is 0 Å². The number of halogens is 3. The van der Waals surface area contributed by atoms with E-state index >= 15 is 0 Å². The van der Waals surface area contributed by atoms with Crippen LogP contribution in [0.15, 0.2) is 36.4 Å². The van der Waals surface area contributed by atoms with Crippen LogP contribution in [0.5, 0.6) is 5.75 Å². The molecule has 0 fully saturated rings. The molecule has 1 amide bonds. The Morgan fingerprint density at radius 3 is 2.32 bits per heavy atom. The molecule has 0 radical (unpaired) electrons. The van der Waals surface area contributed by atoms with Crippen molar-refractivity contribution in [2.24, 2.45) is 5.73 Å². The highest BCUT2D eigenvalue weighted by molar-refractivity contribution is 5.82. The Balaban J connectivity index is 2.69. The zero-order chi connectivity index (χ0) is 18.8. The second-order valence-corrected chi connectivity index (χ2v) is 6.13. The largest absolute Gasteiger partial charge is 0.496 e. The lowest BCUT2D eigenvalue weighted by atomic mass is 9.91. The van der Waals surface area contributed by atoms with Gasteiger partial charge in [0.15, 0.2) is 0 Å². The molecule has 0 atom stereocenters. The standard InChI is InChI=1S/C19H20F3NO2/c1-11(2)12-4-7-17(25-3)16(9-12)15-6-5-14(19(20,21)22)8-13(15)10-18(23)24/h4-9,11H,10H2,1-3H3,(H2,23,24). The van der Waals surface area contributed by atoms with Gasteiger partial charge < -0.3 is 10.5 Å². The van der Waals surface area contributed by atoms with Crippen molar-refractivity contribution in [1.29, 1.82) is 0 Å². The summed E-state index contributed by atoms with van der Waals surface area (Å²) in [5, 5.41) is 0. The summed E-state index contributed by atoms with van der Waals surface area (Å²) in [4.78, 5) is 11.4. The van der Waals surface area contributed by atoms with E-state index in [1.165, 1.54) is 13.2 Å². The van der Waals surface area contributed by atoms with Gasteiger partial charge >= 0.3 is 6.18 Å². The first-order valence-corrected chi connectivity index (χ1v) is 7.80. The van der Waals surface area contributed by atoms with Crippen LogP contribution in [0.25, 0.3) is 11.1 Å². The average molecular weight is 351 g/mol. The number of carbonyl (C=O) groups is 1. The number of hydrogen-bond acceptors (Lipinski definition) is 2. The third-order valence-electron chi connectivity index (χ3n) is 3.98. The fourth-order valence-corrected chi connectivity index (χ4v) is 2.66. The fraction of sp³-hybridized carbons (Fsp3) is 0.316. The van der Waals surface area contributed by atoms with Gasteiger partial charge in [0.1, 0.15) is 5.75 Å². The van der Waals surface area contributed by atoms with Crippen molar-refractivity contribution in [2.45, 2.75) is 32.4 Å². The van der Waals surface area contributed by atoms with Crippen LogP contribution in [-0.4, -0.2) is 13.0 Å². The van der Waals surface area contributed by atoms with Gasteiger partial charge in [-0.25, -0.2) is 0 Å². The number of amides is 1. The van der Waals surface area contributed by atoms with E-state index in [9.17, 15) is 18.0 Å². The molecule has 2 aromatic rings. The highest BCUT2D eigenvalue weighted by Crippen LogP contribution is 2.38. The molecule has 0 spiro atoms. The van der Waals surface area contributed by atoms with E-state index in [-0.39, 0.29) is 17.9 Å². The molecule has 0 aliphatic rings. The lowest BCUT2D eigenvalue weighted by molar-refractivity contribution is -0.137. The monoisotopic (exact) mass is 351 g/mol. The maximum atomic E-state index is 13.0. The van der Waals surface area contributed by atoms with E-state index in [0.29, 0.717) is 16.9 Å². The van der Waals surface area contributed by atoms with E-state index < -0.39 is 17.6 Å². The van der Waals surface area contributed by atoms with Gasteiger partial charge in [-0.05, 0) is 46.9 Å². The highest BCUT2D eigenvalue weighted by atomic mass is 19.4. The van der Waals surface area contributed by atoms with Crippen molar-refractivity contribution < 1.29 is 22.7 Å². The Kier molecular flexibility index (Phi) is 5.40. The fourth-order valence-electron chi connectivity index (χ4n) is 2.66. The van der Waals surface area contributed by atoms with Gasteiger partial charge in [-0.1, -0.05) is 26.0 Å². The number of hydrogen-bond donors (Lipinski definition) is 1. The number of carbonyl (C=O) groups excluding carboxylic acids is 1. The summed E-state index contributed by atoms with van der Waals surface area (Å²) in [6, 6.07) is 8.89. The van der Waals surface area contributed by atoms with Crippen LogP contribution in [0.4, 0.5) is 13.2 Å². The van der Waals surface area contributed by atoms with Crippen LogP contribution in [0.3, 0.4) is 0 Å². The predicted molar refractivity (Wildman–Crippen MR) is 90.4 cm³/mol. The zero-order valence-corrected chi connectivity index (χ0v) is 14.3. The molecule has 0 heterocycles. The highest BCUT2D eigenvalue weighted by Gasteiger charge is 2.31. The van der Waals surface area contributed by atoms with Gasteiger partial charge in [0.2, 0.25) is 5.91 Å². The van der Waals surface area contributed by atoms with Gasteiger partial charge in [0.25, 0.3) is 0 Å². The summed E-state index contributed by atoms with van der Waals surface area (Å²) in [6.45, 7) is 4.03. The van der Waals surface area contributed by atoms with E-state index in [4.69, 9.17) is 10.5 Å².